The third kappa shape index (κ3) is 4.91. The van der Waals surface area contributed by atoms with Crippen LogP contribution in [0.4, 0.5) is 0 Å². The fraction of sp³-hybridized carbons (Fsp3) is 0.400. The molecule has 1 rings (SSSR count). The number of esters is 1. The van der Waals surface area contributed by atoms with Gasteiger partial charge in [-0.2, -0.15) is 0 Å². The molecule has 0 bridgehead atoms. The van der Waals surface area contributed by atoms with Gasteiger partial charge in [0, 0.05) is 13.0 Å². The largest absolute Gasteiger partial charge is 0.494 e. The molecule has 0 amide bonds. The quantitative estimate of drug-likeness (QED) is 0.333. The summed E-state index contributed by atoms with van der Waals surface area (Å²) in [5, 5.41) is 10.7. The maximum Gasteiger partial charge on any atom is 0.338 e. The average Bonchev–Trinajstić information content (AvgIpc) is 2.47. The zero-order valence-corrected chi connectivity index (χ0v) is 12.4. The van der Waals surface area contributed by atoms with Gasteiger partial charge >= 0.3 is 5.97 Å². The maximum atomic E-state index is 11.8. The topological polar surface area (TPSA) is 78.7 Å². The van der Waals surface area contributed by atoms with E-state index in [1.165, 1.54) is 20.1 Å². The van der Waals surface area contributed by atoms with Gasteiger partial charge in [-0.3, -0.25) is 10.1 Å². The number of ether oxygens (including phenoxy) is 2. The van der Waals surface area contributed by atoms with Gasteiger partial charge in [-0.15, -0.1) is 0 Å². The van der Waals surface area contributed by atoms with E-state index < -0.39 is 10.9 Å². The summed E-state index contributed by atoms with van der Waals surface area (Å²) in [6, 6.07) is 4.84. The first-order valence-corrected chi connectivity index (χ1v) is 6.67. The lowest BCUT2D eigenvalue weighted by Gasteiger charge is -2.09. The van der Waals surface area contributed by atoms with Crippen LogP contribution in [0.3, 0.4) is 0 Å². The summed E-state index contributed by atoms with van der Waals surface area (Å²) in [6.45, 7) is 3.98. The van der Waals surface area contributed by atoms with E-state index in [9.17, 15) is 14.9 Å². The van der Waals surface area contributed by atoms with Crippen LogP contribution in [0.25, 0.3) is 6.08 Å². The predicted octanol–water partition coefficient (Wildman–Crippen LogP) is 3.29. The van der Waals surface area contributed by atoms with E-state index in [0.717, 1.165) is 12.8 Å². The fourth-order valence-electron chi connectivity index (χ4n) is 1.65. The van der Waals surface area contributed by atoms with Crippen molar-refractivity contribution in [2.45, 2.75) is 26.7 Å². The first kappa shape index (κ1) is 16.7. The zero-order chi connectivity index (χ0) is 15.8. The molecule has 0 heterocycles. The normalized spacial score (nSPS) is 11.1. The van der Waals surface area contributed by atoms with Gasteiger partial charge in [0.2, 0.25) is 5.70 Å². The Morgan fingerprint density at radius 2 is 2.14 bits per heavy atom. The summed E-state index contributed by atoms with van der Waals surface area (Å²) in [6.07, 6.45) is 3.25. The van der Waals surface area contributed by atoms with Crippen molar-refractivity contribution in [1.29, 1.82) is 0 Å². The molecule has 0 unspecified atom stereocenters. The summed E-state index contributed by atoms with van der Waals surface area (Å²) >= 11 is 0. The highest BCUT2D eigenvalue weighted by Gasteiger charge is 2.14. The number of methoxy groups -OCH3 is 1. The Kier molecular flexibility index (Phi) is 6.39. The molecule has 6 heteroatoms. The molecular weight excluding hydrogens is 274 g/mol. The van der Waals surface area contributed by atoms with Crippen LogP contribution in [-0.4, -0.2) is 24.6 Å². The van der Waals surface area contributed by atoms with Crippen LogP contribution < -0.4 is 4.74 Å². The molecule has 0 radical (unpaired) electrons. The van der Waals surface area contributed by atoms with Gasteiger partial charge < -0.3 is 9.47 Å². The van der Waals surface area contributed by atoms with Gasteiger partial charge in [-0.1, -0.05) is 19.4 Å². The summed E-state index contributed by atoms with van der Waals surface area (Å²) in [5.74, 6) is -0.0157. The molecule has 0 saturated heterocycles. The zero-order valence-electron chi connectivity index (χ0n) is 12.4. The third-order valence-corrected chi connectivity index (χ3v) is 2.85. The van der Waals surface area contributed by atoms with Gasteiger partial charge in [0.05, 0.1) is 24.2 Å². The molecule has 0 atom stereocenters. The number of rotatable bonds is 7. The Morgan fingerprint density at radius 3 is 2.71 bits per heavy atom. The lowest BCUT2D eigenvalue weighted by atomic mass is 10.1. The van der Waals surface area contributed by atoms with Crippen molar-refractivity contribution < 1.29 is 19.2 Å². The number of benzene rings is 1. The van der Waals surface area contributed by atoms with E-state index >= 15 is 0 Å². The number of hydrogen-bond acceptors (Lipinski definition) is 5. The number of nitrogens with zero attached hydrogens (tertiary/aromatic N) is 1. The summed E-state index contributed by atoms with van der Waals surface area (Å²) < 4.78 is 10.2. The average molecular weight is 293 g/mol. The molecule has 0 aliphatic rings. The minimum absolute atomic E-state index is 0.0557. The van der Waals surface area contributed by atoms with Crippen molar-refractivity contribution in [3.8, 4) is 5.75 Å². The maximum absolute atomic E-state index is 11.8. The number of carbonyl (C=O) groups is 1. The Morgan fingerprint density at radius 1 is 1.43 bits per heavy atom. The first-order valence-electron chi connectivity index (χ1n) is 6.67. The summed E-state index contributed by atoms with van der Waals surface area (Å²) in [4.78, 5) is 22.0. The van der Waals surface area contributed by atoms with Crippen molar-refractivity contribution >= 4 is 12.0 Å². The minimum Gasteiger partial charge on any atom is -0.494 e. The number of nitro groups is 1. The second-order valence-electron chi connectivity index (χ2n) is 4.49. The van der Waals surface area contributed by atoms with Crippen molar-refractivity contribution in [3.05, 3.63) is 45.1 Å². The van der Waals surface area contributed by atoms with Gasteiger partial charge in [0.15, 0.2) is 0 Å². The number of hydrogen-bond donors (Lipinski definition) is 0. The van der Waals surface area contributed by atoms with Gasteiger partial charge in [-0.05, 0) is 24.1 Å². The molecule has 6 nitrogen and oxygen atoms in total. The van der Waals surface area contributed by atoms with E-state index in [4.69, 9.17) is 9.47 Å². The molecule has 0 spiro atoms. The SMILES string of the molecule is CCCCOc1ccc(/C=C(\C)[N+](=O)[O-])c(C(=O)OC)c1. The standard InChI is InChI=1S/C15H19NO5/c1-4-5-8-21-13-7-6-12(9-11(2)16(18)19)14(10-13)15(17)20-3/h6-7,9-10H,4-5,8H2,1-3H3/b11-9+. The van der Waals surface area contributed by atoms with Gasteiger partial charge in [0.25, 0.3) is 0 Å². The Bertz CT molecular complexity index is 551. The van der Waals surface area contributed by atoms with Gasteiger partial charge in [-0.25, -0.2) is 4.79 Å². The second kappa shape index (κ2) is 8.04. The second-order valence-corrected chi connectivity index (χ2v) is 4.49. The molecule has 0 aliphatic heterocycles. The van der Waals surface area contributed by atoms with Gasteiger partial charge in [0.1, 0.15) is 5.75 Å². The molecule has 0 aromatic heterocycles. The van der Waals surface area contributed by atoms with Crippen molar-refractivity contribution in [2.75, 3.05) is 13.7 Å². The van der Waals surface area contributed by atoms with E-state index in [-0.39, 0.29) is 11.3 Å². The molecule has 0 fully saturated rings. The van der Waals surface area contributed by atoms with E-state index in [0.29, 0.717) is 17.9 Å². The highest BCUT2D eigenvalue weighted by molar-refractivity contribution is 5.94. The monoisotopic (exact) mass is 293 g/mol. The first-order chi connectivity index (χ1) is 9.99. The fourth-order valence-corrected chi connectivity index (χ4v) is 1.65. The third-order valence-electron chi connectivity index (χ3n) is 2.85. The molecular formula is C15H19NO5. The highest BCUT2D eigenvalue weighted by atomic mass is 16.6. The van der Waals surface area contributed by atoms with E-state index in [1.807, 2.05) is 0 Å². The lowest BCUT2D eigenvalue weighted by molar-refractivity contribution is -0.422. The minimum atomic E-state index is -0.557. The van der Waals surface area contributed by atoms with Crippen LogP contribution in [0.15, 0.2) is 23.9 Å². The molecule has 114 valence electrons. The molecule has 1 aromatic rings. The smallest absolute Gasteiger partial charge is 0.338 e. The van der Waals surface area contributed by atoms with E-state index in [2.05, 4.69) is 6.92 Å². The summed E-state index contributed by atoms with van der Waals surface area (Å²) in [7, 11) is 1.26. The number of carbonyl (C=O) groups excluding carboxylic acids is 1. The Balaban J connectivity index is 3.11. The van der Waals surface area contributed by atoms with Crippen LogP contribution in [0.2, 0.25) is 0 Å². The van der Waals surface area contributed by atoms with Crippen molar-refractivity contribution in [1.82, 2.24) is 0 Å². The number of unbranched alkanes of at least 4 members (excludes halogenated alkanes) is 1. The van der Waals surface area contributed by atoms with Crippen LogP contribution in [0, 0.1) is 10.1 Å². The Labute approximate surface area is 123 Å². The summed E-state index contributed by atoms with van der Waals surface area (Å²) in [5.41, 5.74) is 0.617. The number of allylic oxidation sites excluding steroid dienone is 1. The van der Waals surface area contributed by atoms with Crippen LogP contribution in [0.1, 0.15) is 42.6 Å². The molecule has 1 aromatic carbocycles. The molecule has 0 saturated carbocycles. The lowest BCUT2D eigenvalue weighted by Crippen LogP contribution is -2.06. The van der Waals surface area contributed by atoms with E-state index in [1.54, 1.807) is 18.2 Å². The molecule has 21 heavy (non-hydrogen) atoms. The molecule has 0 N–H and O–H groups in total. The van der Waals surface area contributed by atoms with Crippen LogP contribution >= 0.6 is 0 Å². The van der Waals surface area contributed by atoms with Crippen LogP contribution in [0.5, 0.6) is 5.75 Å². The highest BCUT2D eigenvalue weighted by Crippen LogP contribution is 2.21. The molecule has 0 aliphatic carbocycles. The predicted molar refractivity (Wildman–Crippen MR) is 78.8 cm³/mol. The Hall–Kier alpha value is -2.37. The van der Waals surface area contributed by atoms with Crippen molar-refractivity contribution in [2.24, 2.45) is 0 Å². The van der Waals surface area contributed by atoms with Crippen molar-refractivity contribution in [3.63, 3.8) is 0 Å². The van der Waals surface area contributed by atoms with Crippen LogP contribution in [-0.2, 0) is 4.74 Å².